The Hall–Kier alpha value is -4.96. The van der Waals surface area contributed by atoms with E-state index in [0.29, 0.717) is 5.56 Å². The number of esters is 4. The van der Waals surface area contributed by atoms with Crippen LogP contribution in [0.4, 0.5) is 0 Å². The van der Waals surface area contributed by atoms with Crippen LogP contribution in [0.3, 0.4) is 0 Å². The first-order chi connectivity index (χ1) is 27.7. The van der Waals surface area contributed by atoms with Gasteiger partial charge in [-0.25, -0.2) is 9.59 Å². The lowest BCUT2D eigenvalue weighted by atomic mass is 9.44. The predicted molar refractivity (Wildman–Crippen MR) is 205 cm³/mol. The highest BCUT2D eigenvalue weighted by atomic mass is 16.6. The van der Waals surface area contributed by atoms with E-state index in [-0.39, 0.29) is 42.1 Å². The van der Waals surface area contributed by atoms with Crippen LogP contribution < -0.4 is 5.32 Å². The topological polar surface area (TPSA) is 221 Å². The molecule has 12 atom stereocenters. The van der Waals surface area contributed by atoms with Gasteiger partial charge in [-0.1, -0.05) is 57.2 Å². The molecule has 1 amide bonds. The van der Waals surface area contributed by atoms with Crippen molar-refractivity contribution in [2.75, 3.05) is 6.61 Å². The number of fused-ring (bicyclic) bond motifs is 5. The smallest absolute Gasteiger partial charge is 0.338 e. The Morgan fingerprint density at radius 2 is 1.47 bits per heavy atom. The lowest BCUT2D eigenvalue weighted by molar-refractivity contribution is -0.346. The average molecular weight is 818 g/mol. The molecule has 2 aromatic rings. The lowest BCUT2D eigenvalue weighted by Gasteiger charge is -2.67. The van der Waals surface area contributed by atoms with Crippen LogP contribution in [0.15, 0.2) is 71.8 Å². The number of carbonyl (C=O) groups excluding carboxylic acids is 6. The number of Topliss-reactive ketones (excluding diaryl/α,β-unsaturated/α-hetero) is 1. The fourth-order valence-electron chi connectivity index (χ4n) is 10.4. The molecule has 2 unspecified atom stereocenters. The van der Waals surface area contributed by atoms with E-state index in [4.69, 9.17) is 23.7 Å². The number of aliphatic hydroxyl groups excluding tert-OH is 2. The molecule has 3 saturated carbocycles. The van der Waals surface area contributed by atoms with Crippen molar-refractivity contribution in [3.8, 4) is 0 Å². The fourth-order valence-corrected chi connectivity index (χ4v) is 10.4. The zero-order chi connectivity index (χ0) is 43.0. The van der Waals surface area contributed by atoms with E-state index in [1.165, 1.54) is 26.0 Å². The Balaban J connectivity index is 1.38. The van der Waals surface area contributed by atoms with Gasteiger partial charge in [-0.2, -0.15) is 0 Å². The van der Waals surface area contributed by atoms with Gasteiger partial charge in [0.05, 0.1) is 35.1 Å². The van der Waals surface area contributed by atoms with Crippen molar-refractivity contribution in [3.63, 3.8) is 0 Å². The summed E-state index contributed by atoms with van der Waals surface area (Å²) in [6, 6.07) is 16.1. The number of benzene rings is 2. The summed E-state index contributed by atoms with van der Waals surface area (Å²) in [5.74, 6) is -6.95. The Morgan fingerprint density at radius 3 is 2.00 bits per heavy atom. The Bertz CT molecular complexity index is 2100. The molecule has 4 aliphatic carbocycles. The molecule has 4 fully saturated rings. The predicted octanol–water partition coefficient (Wildman–Crippen LogP) is 2.77. The van der Waals surface area contributed by atoms with Crippen molar-refractivity contribution in [3.05, 3.63) is 82.9 Å². The van der Waals surface area contributed by atoms with Crippen molar-refractivity contribution in [2.45, 2.75) is 121 Å². The third-order valence-corrected chi connectivity index (χ3v) is 13.9. The molecule has 7 rings (SSSR count). The van der Waals surface area contributed by atoms with Gasteiger partial charge in [-0.05, 0) is 61.6 Å². The summed E-state index contributed by atoms with van der Waals surface area (Å²) < 4.78 is 30.2. The van der Waals surface area contributed by atoms with Crippen LogP contribution in [0.5, 0.6) is 0 Å². The Labute approximate surface area is 341 Å². The summed E-state index contributed by atoms with van der Waals surface area (Å²) in [7, 11) is 0. The number of rotatable bonds is 9. The molecular formula is C44H51NO14. The highest BCUT2D eigenvalue weighted by Gasteiger charge is 2.78. The molecule has 4 N–H and O–H groups in total. The van der Waals surface area contributed by atoms with E-state index >= 15 is 4.79 Å². The number of hydrogen-bond donors (Lipinski definition) is 4. The molecule has 1 saturated heterocycles. The first kappa shape index (κ1) is 42.2. The van der Waals surface area contributed by atoms with Crippen LogP contribution in [-0.2, 0) is 42.9 Å². The third kappa shape index (κ3) is 6.48. The van der Waals surface area contributed by atoms with Crippen molar-refractivity contribution in [1.82, 2.24) is 5.32 Å². The van der Waals surface area contributed by atoms with Crippen LogP contribution in [0, 0.1) is 22.7 Å². The van der Waals surface area contributed by atoms with E-state index in [1.807, 2.05) is 0 Å². The van der Waals surface area contributed by atoms with Crippen LogP contribution in [0.2, 0.25) is 0 Å². The van der Waals surface area contributed by atoms with Gasteiger partial charge < -0.3 is 44.3 Å². The van der Waals surface area contributed by atoms with Crippen LogP contribution >= 0.6 is 0 Å². The molecule has 15 heteroatoms. The summed E-state index contributed by atoms with van der Waals surface area (Å²) in [4.78, 5) is 82.8. The number of ketones is 1. The van der Waals surface area contributed by atoms with Crippen LogP contribution in [-0.4, -0.2) is 111 Å². The van der Waals surface area contributed by atoms with E-state index in [1.54, 1.807) is 69.3 Å². The first-order valence-corrected chi connectivity index (χ1v) is 19.8. The maximum Gasteiger partial charge on any atom is 0.338 e. The lowest BCUT2D eigenvalue weighted by Crippen LogP contribution is -2.82. The maximum atomic E-state index is 15.4. The summed E-state index contributed by atoms with van der Waals surface area (Å²) in [6.07, 6.45) is -9.94. The minimum absolute atomic E-state index is 0.0202. The Morgan fingerprint density at radius 1 is 0.881 bits per heavy atom. The normalized spacial score (nSPS) is 37.1. The molecule has 2 bridgehead atoms. The summed E-state index contributed by atoms with van der Waals surface area (Å²) in [6.45, 7) is 9.79. The minimum Gasteiger partial charge on any atom is -0.456 e. The van der Waals surface area contributed by atoms with Gasteiger partial charge in [-0.3, -0.25) is 19.2 Å². The molecule has 15 nitrogen and oxygen atoms in total. The fraction of sp³-hybridized carbons (Fsp3) is 0.545. The van der Waals surface area contributed by atoms with Crippen LogP contribution in [0.1, 0.15) is 88.4 Å². The molecule has 0 spiro atoms. The molecular weight excluding hydrogens is 766 g/mol. The average Bonchev–Trinajstić information content (AvgIpc) is 3.84. The monoisotopic (exact) mass is 817 g/mol. The van der Waals surface area contributed by atoms with Gasteiger partial charge in [-0.15, -0.1) is 0 Å². The second-order valence-corrected chi connectivity index (χ2v) is 17.5. The Kier molecular flexibility index (Phi) is 10.5. The van der Waals surface area contributed by atoms with E-state index < -0.39 is 112 Å². The molecule has 1 aliphatic heterocycles. The van der Waals surface area contributed by atoms with Crippen molar-refractivity contribution in [2.24, 2.45) is 22.7 Å². The molecule has 59 heavy (non-hydrogen) atoms. The SMILES string of the molecule is CC(=O)O[C@H]1C(=O)[C@@]2(C)C(C(OC(=O)c3ccccc3)[C@]3(O)C[C@H](OC(=O)[C@H](O)[C@]4(NC(=O)c5ccccc5)C[C@H]4C)C(C)=C1C3(C)C)[C@]1(OC(C)=O)CO[C@@H]1C[C@@H]2O. The molecule has 0 aromatic heterocycles. The van der Waals surface area contributed by atoms with Crippen molar-refractivity contribution < 1.29 is 67.8 Å². The van der Waals surface area contributed by atoms with Gasteiger partial charge in [0.2, 0.25) is 0 Å². The maximum absolute atomic E-state index is 15.4. The van der Waals surface area contributed by atoms with Gasteiger partial charge in [0.15, 0.2) is 23.6 Å². The van der Waals surface area contributed by atoms with Gasteiger partial charge in [0.25, 0.3) is 5.91 Å². The molecule has 2 aromatic carbocycles. The summed E-state index contributed by atoms with van der Waals surface area (Å²) >= 11 is 0. The number of ether oxygens (including phenoxy) is 5. The second-order valence-electron chi connectivity index (χ2n) is 17.5. The van der Waals surface area contributed by atoms with E-state index in [0.717, 1.165) is 13.8 Å². The quantitative estimate of drug-likeness (QED) is 0.163. The summed E-state index contributed by atoms with van der Waals surface area (Å²) in [5, 5.41) is 40.0. The highest BCUT2D eigenvalue weighted by Crippen LogP contribution is 2.64. The zero-order valence-electron chi connectivity index (χ0n) is 34.1. The summed E-state index contributed by atoms with van der Waals surface area (Å²) in [5.41, 5.74) is -8.55. The third-order valence-electron chi connectivity index (χ3n) is 13.9. The largest absolute Gasteiger partial charge is 0.456 e. The minimum atomic E-state index is -2.36. The number of carbonyl (C=O) groups is 6. The van der Waals surface area contributed by atoms with Gasteiger partial charge in [0.1, 0.15) is 23.9 Å². The molecule has 0 radical (unpaired) electrons. The number of hydrogen-bond acceptors (Lipinski definition) is 14. The van der Waals surface area contributed by atoms with Crippen molar-refractivity contribution >= 4 is 35.6 Å². The molecule has 1 heterocycles. The number of nitrogens with one attached hydrogen (secondary N) is 1. The van der Waals surface area contributed by atoms with E-state index in [9.17, 15) is 39.3 Å². The molecule has 5 aliphatic rings. The zero-order valence-corrected chi connectivity index (χ0v) is 34.1. The van der Waals surface area contributed by atoms with Crippen molar-refractivity contribution in [1.29, 1.82) is 0 Å². The number of amides is 1. The highest BCUT2D eigenvalue weighted by molar-refractivity contribution is 5.97. The molecule has 316 valence electrons. The van der Waals surface area contributed by atoms with Crippen LogP contribution in [0.25, 0.3) is 0 Å². The number of aliphatic hydroxyl groups is 3. The van der Waals surface area contributed by atoms with E-state index in [2.05, 4.69) is 5.32 Å². The standard InChI is InChI=1S/C44H51NO14/c1-22-19-42(22,45-37(51)26-14-10-8-11-15-26)35(50)39(53)57-28-20-44(54)36(58-38(52)27-16-12-9-13-17-27)33-41(7,29(48)18-30-43(33,21-55-30)59-25(4)47)34(49)32(56-24(3)46)31(23(28)2)40(44,5)6/h8-17,22,28-30,32-33,35-36,48,50,54H,18-21H2,1-7H3,(H,45,51)/t22-,28+,29+,30-,32-,33?,35+,36?,41-,42+,43+,44-/m1/s1. The van der Waals surface area contributed by atoms with Gasteiger partial charge >= 0.3 is 23.9 Å². The first-order valence-electron chi connectivity index (χ1n) is 19.8. The van der Waals surface area contributed by atoms with Gasteiger partial charge in [0, 0.05) is 37.7 Å². The second kappa shape index (κ2) is 14.6.